The summed E-state index contributed by atoms with van der Waals surface area (Å²) in [7, 11) is 0. The van der Waals surface area contributed by atoms with Crippen molar-refractivity contribution in [1.29, 1.82) is 0 Å². The fourth-order valence-electron chi connectivity index (χ4n) is 6.61. The van der Waals surface area contributed by atoms with Gasteiger partial charge in [-0.05, 0) is 16.9 Å². The molecule has 0 aromatic heterocycles. The number of rotatable bonds is 39. The second-order valence-corrected chi connectivity index (χ2v) is 24.5. The van der Waals surface area contributed by atoms with Crippen molar-refractivity contribution in [2.45, 2.75) is 244 Å². The highest BCUT2D eigenvalue weighted by Crippen LogP contribution is 2.27. The van der Waals surface area contributed by atoms with Gasteiger partial charge in [0.2, 0.25) is 0 Å². The van der Waals surface area contributed by atoms with Crippen molar-refractivity contribution in [1.82, 2.24) is 0 Å². The molecular formula is C39H78Cl3ISi. The summed E-state index contributed by atoms with van der Waals surface area (Å²) < 4.78 is 1.34. The van der Waals surface area contributed by atoms with Crippen molar-refractivity contribution in [2.75, 3.05) is 4.43 Å². The van der Waals surface area contributed by atoms with E-state index in [0.29, 0.717) is 0 Å². The number of halogens is 4. The van der Waals surface area contributed by atoms with Crippen LogP contribution in [0, 0.1) is 0 Å². The van der Waals surface area contributed by atoms with E-state index in [2.05, 4.69) is 22.6 Å². The van der Waals surface area contributed by atoms with Crippen LogP contribution in [0.5, 0.6) is 0 Å². The third-order valence-corrected chi connectivity index (χ3v) is 13.0. The summed E-state index contributed by atoms with van der Waals surface area (Å²) in [6.07, 6.45) is 53.5. The van der Waals surface area contributed by atoms with E-state index in [1.807, 2.05) is 0 Å². The Morgan fingerprint density at radius 2 is 0.364 bits per heavy atom. The summed E-state index contributed by atoms with van der Waals surface area (Å²) in [5, 5.41) is 0. The molecule has 266 valence electrons. The number of hydrogen-bond acceptors (Lipinski definition) is 0. The Labute approximate surface area is 307 Å². The summed E-state index contributed by atoms with van der Waals surface area (Å²) in [4.78, 5) is 0. The van der Waals surface area contributed by atoms with Crippen molar-refractivity contribution in [3.63, 3.8) is 0 Å². The van der Waals surface area contributed by atoms with E-state index in [9.17, 15) is 0 Å². The van der Waals surface area contributed by atoms with Crippen LogP contribution in [0.25, 0.3) is 0 Å². The van der Waals surface area contributed by atoms with Crippen LogP contribution in [0.1, 0.15) is 238 Å². The Morgan fingerprint density at radius 3 is 0.500 bits per heavy atom. The summed E-state index contributed by atoms with van der Waals surface area (Å²) in [6.45, 7) is 0. The predicted octanol–water partition coefficient (Wildman–Crippen LogP) is 17.5. The predicted molar refractivity (Wildman–Crippen MR) is 218 cm³/mol. The van der Waals surface area contributed by atoms with Gasteiger partial charge in [-0.25, -0.2) is 0 Å². The van der Waals surface area contributed by atoms with Crippen molar-refractivity contribution < 1.29 is 0 Å². The topological polar surface area (TPSA) is 0 Å². The molecule has 0 fully saturated rings. The van der Waals surface area contributed by atoms with Crippen molar-refractivity contribution in [3.8, 4) is 0 Å². The number of alkyl halides is 1. The van der Waals surface area contributed by atoms with Gasteiger partial charge in [-0.1, -0.05) is 254 Å². The van der Waals surface area contributed by atoms with Gasteiger partial charge in [0.05, 0.1) is 0 Å². The molecule has 0 radical (unpaired) electrons. The van der Waals surface area contributed by atoms with Crippen LogP contribution in [0.4, 0.5) is 0 Å². The SMILES string of the molecule is Cl[Si](Cl)(Cl)CCCCCCCCCCCCCCCCCCCCCCCCCCCCCCCCCCCCCCCI. The maximum absolute atomic E-state index is 5.93. The van der Waals surface area contributed by atoms with E-state index < -0.39 is 6.00 Å². The molecular weight excluding hydrogens is 730 g/mol. The minimum absolute atomic E-state index is 0.831. The molecule has 0 aromatic rings. The third kappa shape index (κ3) is 43.8. The first-order chi connectivity index (χ1) is 21.6. The maximum Gasteiger partial charge on any atom is 0.341 e. The number of unbranched alkanes of at least 4 members (excludes halogenated alkanes) is 36. The molecule has 0 aliphatic carbocycles. The molecule has 0 N–H and O–H groups in total. The van der Waals surface area contributed by atoms with E-state index >= 15 is 0 Å². The minimum atomic E-state index is -2.37. The molecule has 0 aliphatic heterocycles. The fraction of sp³-hybridized carbons (Fsp3) is 1.00. The van der Waals surface area contributed by atoms with Gasteiger partial charge in [-0.3, -0.25) is 0 Å². The molecule has 5 heteroatoms. The van der Waals surface area contributed by atoms with Crippen LogP contribution < -0.4 is 0 Å². The Morgan fingerprint density at radius 1 is 0.227 bits per heavy atom. The van der Waals surface area contributed by atoms with Crippen LogP contribution in [-0.2, 0) is 0 Å². The van der Waals surface area contributed by atoms with Gasteiger partial charge >= 0.3 is 6.00 Å². The van der Waals surface area contributed by atoms with Gasteiger partial charge in [-0.15, -0.1) is 33.2 Å². The second kappa shape index (κ2) is 39.3. The van der Waals surface area contributed by atoms with Gasteiger partial charge < -0.3 is 0 Å². The highest BCUT2D eigenvalue weighted by atomic mass is 127. The zero-order valence-corrected chi connectivity index (χ0v) is 35.0. The average Bonchev–Trinajstić information content (AvgIpc) is 3.00. The van der Waals surface area contributed by atoms with Gasteiger partial charge in [0.25, 0.3) is 0 Å². The van der Waals surface area contributed by atoms with E-state index in [0.717, 1.165) is 12.5 Å². The lowest BCUT2D eigenvalue weighted by Gasteiger charge is -2.07. The normalized spacial score (nSPS) is 12.0. The smallest absolute Gasteiger partial charge is 0.126 e. The van der Waals surface area contributed by atoms with E-state index in [4.69, 9.17) is 33.2 Å². The van der Waals surface area contributed by atoms with Crippen LogP contribution in [0.3, 0.4) is 0 Å². The molecule has 0 saturated carbocycles. The first-order valence-electron chi connectivity index (χ1n) is 20.2. The minimum Gasteiger partial charge on any atom is -0.126 e. The van der Waals surface area contributed by atoms with Crippen molar-refractivity contribution in [2.24, 2.45) is 0 Å². The van der Waals surface area contributed by atoms with Gasteiger partial charge in [0.1, 0.15) is 0 Å². The molecule has 0 aromatic carbocycles. The molecule has 0 nitrogen and oxygen atoms in total. The highest BCUT2D eigenvalue weighted by molar-refractivity contribution is 14.1. The lowest BCUT2D eigenvalue weighted by atomic mass is 10.0. The van der Waals surface area contributed by atoms with Gasteiger partial charge in [0, 0.05) is 0 Å². The molecule has 0 aliphatic rings. The third-order valence-electron chi connectivity index (χ3n) is 9.59. The molecule has 0 rings (SSSR count). The monoisotopic (exact) mass is 806 g/mol. The summed E-state index contributed by atoms with van der Waals surface area (Å²) in [5.41, 5.74) is 0. The summed E-state index contributed by atoms with van der Waals surface area (Å²) in [6, 6.07) is -1.54. The fourth-order valence-corrected chi connectivity index (χ4v) is 9.00. The van der Waals surface area contributed by atoms with E-state index in [1.165, 1.54) is 236 Å². The molecule has 0 atom stereocenters. The van der Waals surface area contributed by atoms with Crippen LogP contribution in [-0.4, -0.2) is 10.4 Å². The zero-order chi connectivity index (χ0) is 32.1. The first kappa shape index (κ1) is 45.8. The van der Waals surface area contributed by atoms with Crippen molar-refractivity contribution >= 4 is 61.8 Å². The zero-order valence-electron chi connectivity index (χ0n) is 29.6. The molecule has 0 amide bonds. The number of hydrogen-bond donors (Lipinski definition) is 0. The largest absolute Gasteiger partial charge is 0.341 e. The Bertz CT molecular complexity index is 514. The first-order valence-corrected chi connectivity index (χ1v) is 27.0. The lowest BCUT2D eigenvalue weighted by molar-refractivity contribution is 0.510. The molecule has 0 unspecified atom stereocenters. The molecule has 0 heterocycles. The Hall–Kier alpha value is 1.82. The Balaban J connectivity index is 3.05. The molecule has 0 bridgehead atoms. The maximum atomic E-state index is 5.93. The van der Waals surface area contributed by atoms with E-state index in [-0.39, 0.29) is 0 Å². The van der Waals surface area contributed by atoms with Crippen molar-refractivity contribution in [3.05, 3.63) is 0 Å². The quantitative estimate of drug-likeness (QED) is 0.0191. The van der Waals surface area contributed by atoms with Crippen LogP contribution in [0.2, 0.25) is 6.04 Å². The summed E-state index contributed by atoms with van der Waals surface area (Å²) >= 11 is 20.3. The molecule has 44 heavy (non-hydrogen) atoms. The average molecular weight is 808 g/mol. The second-order valence-electron chi connectivity index (χ2n) is 14.1. The molecule has 0 saturated heterocycles. The van der Waals surface area contributed by atoms with Crippen LogP contribution in [0.15, 0.2) is 0 Å². The van der Waals surface area contributed by atoms with E-state index in [1.54, 1.807) is 0 Å². The van der Waals surface area contributed by atoms with Gasteiger partial charge in [-0.2, -0.15) is 0 Å². The van der Waals surface area contributed by atoms with Crippen LogP contribution >= 0.6 is 55.8 Å². The summed E-state index contributed by atoms with van der Waals surface area (Å²) in [5.74, 6) is 0. The Kier molecular flexibility index (Phi) is 40.9. The van der Waals surface area contributed by atoms with Gasteiger partial charge in [0.15, 0.2) is 0 Å². The lowest BCUT2D eigenvalue weighted by Crippen LogP contribution is -2.07. The standard InChI is InChI=1S/C39H78Cl3ISi/c40-44(41,42)39-37-35-33-31-29-27-25-23-21-19-17-15-13-11-9-7-5-3-1-2-4-6-8-10-12-14-16-18-20-22-24-26-28-30-32-34-36-38-43/h1-39H2. The highest BCUT2D eigenvalue weighted by Gasteiger charge is 2.23. The molecule has 0 spiro atoms.